The van der Waals surface area contributed by atoms with Gasteiger partial charge in [-0.1, -0.05) is 0 Å². The van der Waals surface area contributed by atoms with Gasteiger partial charge >= 0.3 is 0 Å². The summed E-state index contributed by atoms with van der Waals surface area (Å²) in [5, 5.41) is 0. The molecule has 0 radical (unpaired) electrons. The Kier molecular flexibility index (Phi) is 2.85. The topological polar surface area (TPSA) is 42.3 Å². The zero-order valence-corrected chi connectivity index (χ0v) is 8.22. The van der Waals surface area contributed by atoms with Crippen molar-refractivity contribution < 1.29 is 9.18 Å². The Labute approximate surface area is 91.3 Å². The first kappa shape index (κ1) is 10.2. The fraction of sp³-hybridized carbons (Fsp3) is 0. The van der Waals surface area contributed by atoms with Crippen molar-refractivity contribution in [1.29, 1.82) is 0 Å². The molecule has 0 bridgehead atoms. The van der Waals surface area contributed by atoms with Crippen LogP contribution in [0.1, 0.15) is 0 Å². The van der Waals surface area contributed by atoms with Crippen LogP contribution in [0.5, 0.6) is 0 Å². The number of pyridine rings is 1. The smallest absolute Gasteiger partial charge is 0.240 e. The SMILES string of the molecule is O=C=Nc1cccnc1-c1ccc(F)cc1. The number of hydrogen-bond acceptors (Lipinski definition) is 3. The number of nitrogens with zero attached hydrogens (tertiary/aromatic N) is 2. The Hall–Kier alpha value is -2.32. The molecule has 0 fully saturated rings. The van der Waals surface area contributed by atoms with E-state index in [0.717, 1.165) is 0 Å². The highest BCUT2D eigenvalue weighted by atomic mass is 19.1. The molecule has 1 heterocycles. The van der Waals surface area contributed by atoms with Crippen LogP contribution in [0, 0.1) is 5.82 Å². The fourth-order valence-electron chi connectivity index (χ4n) is 1.37. The molecular formula is C12H7FN2O. The van der Waals surface area contributed by atoms with Gasteiger partial charge in [0.2, 0.25) is 6.08 Å². The van der Waals surface area contributed by atoms with Gasteiger partial charge in [0.1, 0.15) is 11.5 Å². The maximum atomic E-state index is 12.7. The van der Waals surface area contributed by atoms with Crippen LogP contribution in [-0.4, -0.2) is 11.1 Å². The lowest BCUT2D eigenvalue weighted by atomic mass is 10.1. The minimum atomic E-state index is -0.319. The molecule has 0 saturated carbocycles. The summed E-state index contributed by atoms with van der Waals surface area (Å²) in [7, 11) is 0. The summed E-state index contributed by atoms with van der Waals surface area (Å²) in [4.78, 5) is 17.9. The third-order valence-electron chi connectivity index (χ3n) is 2.07. The molecule has 2 rings (SSSR count). The second-order valence-electron chi connectivity index (χ2n) is 3.08. The highest BCUT2D eigenvalue weighted by Crippen LogP contribution is 2.27. The van der Waals surface area contributed by atoms with Crippen LogP contribution in [0.15, 0.2) is 47.6 Å². The van der Waals surface area contributed by atoms with Crippen LogP contribution < -0.4 is 0 Å². The summed E-state index contributed by atoms with van der Waals surface area (Å²) in [5.74, 6) is -0.319. The van der Waals surface area contributed by atoms with E-state index in [1.165, 1.54) is 18.2 Å². The van der Waals surface area contributed by atoms with Gasteiger partial charge < -0.3 is 0 Å². The van der Waals surface area contributed by atoms with E-state index in [2.05, 4.69) is 9.98 Å². The molecule has 0 aliphatic rings. The monoisotopic (exact) mass is 214 g/mol. The van der Waals surface area contributed by atoms with Crippen LogP contribution in [0.4, 0.5) is 10.1 Å². The summed E-state index contributed by atoms with van der Waals surface area (Å²) in [5.41, 5.74) is 1.66. The van der Waals surface area contributed by atoms with Gasteiger partial charge in [-0.15, -0.1) is 0 Å². The Bertz CT molecular complexity index is 545. The number of benzene rings is 1. The zero-order chi connectivity index (χ0) is 11.4. The van der Waals surface area contributed by atoms with Gasteiger partial charge in [0, 0.05) is 11.8 Å². The van der Waals surface area contributed by atoms with Gasteiger partial charge in [-0.3, -0.25) is 4.98 Å². The summed E-state index contributed by atoms with van der Waals surface area (Å²) in [6.45, 7) is 0. The lowest BCUT2D eigenvalue weighted by Crippen LogP contribution is -1.84. The molecule has 2 aromatic rings. The van der Waals surface area contributed by atoms with Crippen LogP contribution in [0.3, 0.4) is 0 Å². The van der Waals surface area contributed by atoms with Crippen molar-refractivity contribution in [3.8, 4) is 11.3 Å². The summed E-state index contributed by atoms with van der Waals surface area (Å²) in [6, 6.07) is 9.15. The van der Waals surface area contributed by atoms with Crippen molar-refractivity contribution in [3.63, 3.8) is 0 Å². The van der Waals surface area contributed by atoms with E-state index in [0.29, 0.717) is 16.9 Å². The molecular weight excluding hydrogens is 207 g/mol. The van der Waals surface area contributed by atoms with E-state index in [-0.39, 0.29) is 5.82 Å². The van der Waals surface area contributed by atoms with Gasteiger partial charge in [-0.05, 0) is 36.4 Å². The van der Waals surface area contributed by atoms with Gasteiger partial charge in [-0.25, -0.2) is 9.18 Å². The van der Waals surface area contributed by atoms with Crippen molar-refractivity contribution >= 4 is 11.8 Å². The van der Waals surface area contributed by atoms with Crippen molar-refractivity contribution in [2.75, 3.05) is 0 Å². The van der Waals surface area contributed by atoms with E-state index >= 15 is 0 Å². The van der Waals surface area contributed by atoms with Crippen molar-refractivity contribution in [1.82, 2.24) is 4.98 Å². The molecule has 4 heteroatoms. The highest BCUT2D eigenvalue weighted by molar-refractivity contribution is 5.73. The number of aliphatic imine (C=N–C) groups is 1. The Morgan fingerprint density at radius 2 is 1.94 bits per heavy atom. The zero-order valence-electron chi connectivity index (χ0n) is 8.22. The Balaban J connectivity index is 2.55. The van der Waals surface area contributed by atoms with E-state index in [1.807, 2.05) is 0 Å². The predicted octanol–water partition coefficient (Wildman–Crippen LogP) is 2.86. The molecule has 1 aromatic heterocycles. The Morgan fingerprint density at radius 3 is 2.62 bits per heavy atom. The fourth-order valence-corrected chi connectivity index (χ4v) is 1.37. The third kappa shape index (κ3) is 2.02. The normalized spacial score (nSPS) is 9.56. The molecule has 0 spiro atoms. The second-order valence-corrected chi connectivity index (χ2v) is 3.08. The van der Waals surface area contributed by atoms with Gasteiger partial charge in [0.15, 0.2) is 0 Å². The van der Waals surface area contributed by atoms with E-state index in [4.69, 9.17) is 0 Å². The first-order valence-corrected chi connectivity index (χ1v) is 4.60. The number of carbonyl (C=O) groups excluding carboxylic acids is 1. The van der Waals surface area contributed by atoms with Gasteiger partial charge in [-0.2, -0.15) is 4.99 Å². The largest absolute Gasteiger partial charge is 0.254 e. The number of aromatic nitrogens is 1. The molecule has 78 valence electrons. The quantitative estimate of drug-likeness (QED) is 0.569. The molecule has 1 aromatic carbocycles. The number of halogens is 1. The van der Waals surface area contributed by atoms with E-state index in [9.17, 15) is 9.18 Å². The third-order valence-corrected chi connectivity index (χ3v) is 2.07. The Morgan fingerprint density at radius 1 is 1.19 bits per heavy atom. The van der Waals surface area contributed by atoms with Crippen LogP contribution in [-0.2, 0) is 4.79 Å². The molecule has 0 atom stereocenters. The summed E-state index contributed by atoms with van der Waals surface area (Å²) >= 11 is 0. The molecule has 0 N–H and O–H groups in total. The second kappa shape index (κ2) is 4.47. The molecule has 0 aliphatic carbocycles. The van der Waals surface area contributed by atoms with Crippen LogP contribution >= 0.6 is 0 Å². The van der Waals surface area contributed by atoms with Crippen LogP contribution in [0.25, 0.3) is 11.3 Å². The number of isocyanates is 1. The minimum absolute atomic E-state index is 0.319. The average Bonchev–Trinajstić information content (AvgIpc) is 2.32. The molecule has 0 saturated heterocycles. The van der Waals surface area contributed by atoms with E-state index < -0.39 is 0 Å². The molecule has 0 unspecified atom stereocenters. The molecule has 16 heavy (non-hydrogen) atoms. The predicted molar refractivity (Wildman–Crippen MR) is 57.4 cm³/mol. The maximum Gasteiger partial charge on any atom is 0.240 e. The van der Waals surface area contributed by atoms with Crippen molar-refractivity contribution in [3.05, 3.63) is 48.4 Å². The molecule has 3 nitrogen and oxygen atoms in total. The summed E-state index contributed by atoms with van der Waals surface area (Å²) in [6.07, 6.45) is 3.05. The summed E-state index contributed by atoms with van der Waals surface area (Å²) < 4.78 is 12.7. The highest BCUT2D eigenvalue weighted by Gasteiger charge is 2.05. The van der Waals surface area contributed by atoms with Gasteiger partial charge in [0.05, 0.1) is 5.69 Å². The number of rotatable bonds is 2. The lowest BCUT2D eigenvalue weighted by Gasteiger charge is -2.02. The van der Waals surface area contributed by atoms with E-state index in [1.54, 1.807) is 30.5 Å². The van der Waals surface area contributed by atoms with Gasteiger partial charge in [0.25, 0.3) is 0 Å². The molecule has 0 aliphatic heterocycles. The number of hydrogen-bond donors (Lipinski definition) is 0. The maximum absolute atomic E-state index is 12.7. The minimum Gasteiger partial charge on any atom is -0.254 e. The molecule has 0 amide bonds. The van der Waals surface area contributed by atoms with Crippen molar-refractivity contribution in [2.45, 2.75) is 0 Å². The van der Waals surface area contributed by atoms with Crippen LogP contribution in [0.2, 0.25) is 0 Å². The first-order valence-electron chi connectivity index (χ1n) is 4.60. The standard InChI is InChI=1S/C12H7FN2O/c13-10-5-3-9(4-6-10)12-11(15-8-16)2-1-7-14-12/h1-7H. The lowest BCUT2D eigenvalue weighted by molar-refractivity contribution is 0.565. The first-order chi connectivity index (χ1) is 7.81. The average molecular weight is 214 g/mol. The van der Waals surface area contributed by atoms with Crippen molar-refractivity contribution in [2.24, 2.45) is 4.99 Å².